The Morgan fingerprint density at radius 2 is 0.470 bits per heavy atom. The van der Waals surface area contributed by atoms with Crippen LogP contribution < -0.4 is 0 Å². The molecule has 0 amide bonds. The van der Waals surface area contributed by atoms with Crippen LogP contribution in [0.1, 0.15) is 138 Å². The first-order valence-electron chi connectivity index (χ1n) is 37.4. The van der Waals surface area contributed by atoms with Crippen molar-refractivity contribution in [2.24, 2.45) is 0 Å². The Hall–Kier alpha value is -6.00. The summed E-state index contributed by atoms with van der Waals surface area (Å²) in [6.45, 7) is 12.0. The zero-order valence-corrected chi connectivity index (χ0v) is 69.5. The third-order valence-electron chi connectivity index (χ3n) is 26.0. The molecule has 0 N–H and O–H groups in total. The molecular weight excluding hydrogens is 1490 g/mol. The molecule has 12 aromatic rings. The van der Waals surface area contributed by atoms with Gasteiger partial charge in [0.1, 0.15) is 0 Å². The van der Waals surface area contributed by atoms with E-state index in [1.54, 1.807) is 0 Å². The van der Waals surface area contributed by atoms with Crippen LogP contribution in [-0.2, 0) is 28.1 Å². The molecule has 0 spiro atoms. The second-order valence-electron chi connectivity index (χ2n) is 30.5. The van der Waals surface area contributed by atoms with Crippen LogP contribution in [0.2, 0.25) is 21.4 Å². The van der Waals surface area contributed by atoms with Crippen LogP contribution >= 0.6 is 34.1 Å². The average molecular weight is 1580 g/mol. The standard InChI is InChI=1S/4C21H17.C6H12.2CH5Si.4ClH.2Zr/c4*1-2-15-13-17-9-6-12-20(21(17)14-15)19-11-5-8-16-7-3-4-10-18(16)19;1-3-5-6-4-2;2*1-2;;;;;;/h4*3-14H,2H2,1H3;1-6H2;2*2H2,1H3;4*1H;;/q;;;;;;;;;;;2*+2/p-4. The van der Waals surface area contributed by atoms with Crippen LogP contribution in [0.5, 0.6) is 0 Å². The first kappa shape index (κ1) is 68.4. The molecule has 100 heavy (non-hydrogen) atoms. The molecule has 0 aliphatic heterocycles. The van der Waals surface area contributed by atoms with Crippen LogP contribution in [0.15, 0.2) is 265 Å². The third-order valence-corrected chi connectivity index (χ3v) is 135. The van der Waals surface area contributed by atoms with Gasteiger partial charge in [-0.25, -0.2) is 0 Å². The molecule has 16 rings (SSSR count). The van der Waals surface area contributed by atoms with E-state index < -0.39 is 41.4 Å². The average Bonchev–Trinajstić information content (AvgIpc) is 1.32. The van der Waals surface area contributed by atoms with Gasteiger partial charge in [-0.3, -0.25) is 0 Å². The van der Waals surface area contributed by atoms with Crippen LogP contribution in [0, 0.1) is 0 Å². The molecule has 8 heteroatoms. The molecule has 0 fully saturated rings. The van der Waals surface area contributed by atoms with Crippen molar-refractivity contribution in [2.45, 2.75) is 115 Å². The van der Waals surface area contributed by atoms with Gasteiger partial charge in [-0.15, -0.1) is 0 Å². The Labute approximate surface area is 605 Å². The number of fused-ring (bicyclic) bond motifs is 8. The van der Waals surface area contributed by atoms with Gasteiger partial charge in [-0.2, -0.15) is 0 Å². The van der Waals surface area contributed by atoms with Crippen LogP contribution in [-0.4, -0.2) is 13.3 Å². The van der Waals surface area contributed by atoms with Crippen molar-refractivity contribution < 1.29 is 28.1 Å². The van der Waals surface area contributed by atoms with E-state index in [1.807, 2.05) is 0 Å². The van der Waals surface area contributed by atoms with E-state index >= 15 is 0 Å². The number of unbranched alkanes of at least 4 members (excludes halogenated alkanes) is 3. The Bertz CT molecular complexity index is 4840. The van der Waals surface area contributed by atoms with Crippen LogP contribution in [0.25, 0.3) is 112 Å². The number of hydrogen-bond acceptors (Lipinski definition) is 0. The summed E-state index contributed by atoms with van der Waals surface area (Å²) in [7, 11) is 39.6. The monoisotopic (exact) mass is 1570 g/mol. The summed E-state index contributed by atoms with van der Waals surface area (Å²) in [5.41, 5.74) is 26.3. The van der Waals surface area contributed by atoms with Gasteiger partial charge in [0.05, 0.1) is 0 Å². The number of allylic oxidation sites excluding steroid dienone is 4. The fourth-order valence-corrected chi connectivity index (χ4v) is 105. The summed E-state index contributed by atoms with van der Waals surface area (Å²) < 4.78 is 1.37. The summed E-state index contributed by atoms with van der Waals surface area (Å²) in [6, 6.07) is 91.0. The molecule has 4 aliphatic rings. The first-order chi connectivity index (χ1) is 48.5. The molecule has 0 heterocycles. The second-order valence-corrected chi connectivity index (χ2v) is 137. The molecule has 0 bridgehead atoms. The number of hydrogen-bond donors (Lipinski definition) is 0. The molecule has 0 aromatic heterocycles. The van der Waals surface area contributed by atoms with Crippen molar-refractivity contribution in [1.82, 2.24) is 0 Å². The molecule has 0 saturated heterocycles. The van der Waals surface area contributed by atoms with E-state index in [-0.39, 0.29) is 14.5 Å². The van der Waals surface area contributed by atoms with Crippen molar-refractivity contribution in [1.29, 1.82) is 0 Å². The molecule has 0 radical (unpaired) electrons. The normalized spacial score (nSPS) is 18.8. The van der Waals surface area contributed by atoms with Gasteiger partial charge in [0.25, 0.3) is 0 Å². The zero-order valence-electron chi connectivity index (χ0n) is 58.7. The topological polar surface area (TPSA) is 0 Å². The van der Waals surface area contributed by atoms with Crippen molar-refractivity contribution in [3.8, 4) is 44.5 Å². The summed E-state index contributed by atoms with van der Waals surface area (Å²) in [6.07, 6.45) is 17.6. The fourth-order valence-electron chi connectivity index (χ4n) is 21.2. The summed E-state index contributed by atoms with van der Waals surface area (Å²) in [4.78, 5) is 0. The van der Waals surface area contributed by atoms with Gasteiger partial charge in [0, 0.05) is 0 Å². The molecule has 0 saturated carbocycles. The SMILES string of the molecule is CCC1=Cc2c(-c3cccc4ccccc34)cccc2[CH]1[Zr]([Cl])([Cl])([CH2]CCCC[CH2][Zr]([Cl])([Cl])([SiH2]C)([CH]1C(CC)=Cc2c(-c3cccc4ccccc34)cccc21)[CH]1C(CC)=Cc2c(-c3cccc4ccccc34)cccc21)([SiH2]C)[CH]1C(CC)=Cc2c(-c3cccc4ccccc34)cccc21. The van der Waals surface area contributed by atoms with Crippen LogP contribution in [0.3, 0.4) is 0 Å². The van der Waals surface area contributed by atoms with E-state index in [4.69, 9.17) is 0 Å². The minimum atomic E-state index is -6.08. The molecule has 4 atom stereocenters. The molecule has 502 valence electrons. The summed E-state index contributed by atoms with van der Waals surface area (Å²) in [5.74, 6) is 0. The van der Waals surface area contributed by atoms with Gasteiger partial charge in [-0.1, -0.05) is 0 Å². The van der Waals surface area contributed by atoms with Crippen LogP contribution in [0.4, 0.5) is 0 Å². The second kappa shape index (κ2) is 25.4. The van der Waals surface area contributed by atoms with E-state index in [0.717, 1.165) is 59.6 Å². The Morgan fingerprint density at radius 1 is 0.260 bits per heavy atom. The minimum absolute atomic E-state index is 0.0732. The zero-order chi connectivity index (χ0) is 68.9. The quantitative estimate of drug-likeness (QED) is 0.0497. The summed E-state index contributed by atoms with van der Waals surface area (Å²) in [5, 5.41) is 10.0. The van der Waals surface area contributed by atoms with E-state index in [1.165, 1.54) is 154 Å². The van der Waals surface area contributed by atoms with Crippen molar-refractivity contribution in [2.75, 3.05) is 0 Å². The van der Waals surface area contributed by atoms with E-state index in [9.17, 15) is 34.1 Å². The van der Waals surface area contributed by atoms with Crippen molar-refractivity contribution in [3.63, 3.8) is 0 Å². The maximum atomic E-state index is 9.91. The fraction of sp³-hybridized carbons (Fsp3) is 0.217. The predicted molar refractivity (Wildman–Crippen MR) is 442 cm³/mol. The number of halogens is 4. The third kappa shape index (κ3) is 10.4. The first-order valence-corrected chi connectivity index (χ1v) is 73.8. The van der Waals surface area contributed by atoms with Gasteiger partial charge in [0.2, 0.25) is 0 Å². The van der Waals surface area contributed by atoms with Gasteiger partial charge >= 0.3 is 612 Å². The molecule has 4 aliphatic carbocycles. The molecule has 12 aromatic carbocycles. The van der Waals surface area contributed by atoms with Crippen molar-refractivity contribution >= 4 is 115 Å². The van der Waals surface area contributed by atoms with E-state index in [2.05, 4.69) is 308 Å². The van der Waals surface area contributed by atoms with Gasteiger partial charge in [0.15, 0.2) is 0 Å². The predicted octanol–water partition coefficient (Wildman–Crippen LogP) is 28.2. The molecule has 4 unspecified atom stereocenters. The Kier molecular flexibility index (Phi) is 17.4. The van der Waals surface area contributed by atoms with E-state index in [0.29, 0.717) is 0 Å². The van der Waals surface area contributed by atoms with Crippen molar-refractivity contribution in [3.05, 3.63) is 309 Å². The Balaban J connectivity index is 0.830. The number of benzene rings is 12. The summed E-state index contributed by atoms with van der Waals surface area (Å²) >= 11 is -12.2. The molecular formula is C92H90Cl4Si2Zr2. The maximum absolute atomic E-state index is 9.91. The molecule has 0 nitrogen and oxygen atoms in total. The van der Waals surface area contributed by atoms with Gasteiger partial charge in [-0.05, 0) is 0 Å². The number of rotatable bonds is 21. The van der Waals surface area contributed by atoms with Gasteiger partial charge < -0.3 is 0 Å². The Morgan fingerprint density at radius 3 is 0.700 bits per heavy atom.